The van der Waals surface area contributed by atoms with E-state index in [9.17, 15) is 8.42 Å². The first-order chi connectivity index (χ1) is 16.3. The van der Waals surface area contributed by atoms with Crippen molar-refractivity contribution in [2.45, 2.75) is 38.6 Å². The van der Waals surface area contributed by atoms with E-state index in [1.54, 1.807) is 13.3 Å². The van der Waals surface area contributed by atoms with Crippen LogP contribution in [0, 0.1) is 0 Å². The van der Waals surface area contributed by atoms with E-state index in [2.05, 4.69) is 17.1 Å². The van der Waals surface area contributed by atoms with Crippen molar-refractivity contribution in [3.05, 3.63) is 77.7 Å². The second-order valence-electron chi connectivity index (χ2n) is 8.38. The maximum absolute atomic E-state index is 12.3. The molecule has 0 bridgehead atoms. The second kappa shape index (κ2) is 12.1. The van der Waals surface area contributed by atoms with Crippen LogP contribution < -0.4 is 10.5 Å². The lowest BCUT2D eigenvalue weighted by Gasteiger charge is -2.27. The highest BCUT2D eigenvalue weighted by Gasteiger charge is 2.24. The molecule has 0 amide bonds. The third-order valence-electron chi connectivity index (χ3n) is 5.84. The number of hydrogen-bond donors (Lipinski definition) is 1. The molecule has 0 aliphatic rings. The minimum atomic E-state index is -3.36. The van der Waals surface area contributed by atoms with Crippen molar-refractivity contribution in [2.75, 3.05) is 26.5 Å². The molecule has 7 nitrogen and oxygen atoms in total. The fourth-order valence-corrected chi connectivity index (χ4v) is 5.10. The van der Waals surface area contributed by atoms with Gasteiger partial charge in [0.25, 0.3) is 0 Å². The first-order valence-electron chi connectivity index (χ1n) is 11.5. The molecule has 2 N–H and O–H groups in total. The molecule has 182 valence electrons. The average molecular weight is 483 g/mol. The van der Waals surface area contributed by atoms with Gasteiger partial charge in [0, 0.05) is 30.8 Å². The van der Waals surface area contributed by atoms with Crippen LogP contribution in [0.1, 0.15) is 42.8 Å². The van der Waals surface area contributed by atoms with Gasteiger partial charge in [-0.3, -0.25) is 0 Å². The van der Waals surface area contributed by atoms with Gasteiger partial charge in [-0.1, -0.05) is 30.3 Å². The van der Waals surface area contributed by atoms with Crippen molar-refractivity contribution in [1.29, 1.82) is 0 Å². The molecule has 0 aliphatic heterocycles. The highest BCUT2D eigenvalue weighted by Crippen LogP contribution is 2.27. The summed E-state index contributed by atoms with van der Waals surface area (Å²) in [6, 6.07) is 17.6. The zero-order chi connectivity index (χ0) is 24.6. The van der Waals surface area contributed by atoms with Gasteiger partial charge in [-0.05, 0) is 68.1 Å². The van der Waals surface area contributed by atoms with Crippen molar-refractivity contribution in [1.82, 2.24) is 14.3 Å². The number of ether oxygens (including phenoxy) is 1. The van der Waals surface area contributed by atoms with Crippen LogP contribution >= 0.6 is 0 Å². The molecule has 0 aliphatic carbocycles. The summed E-state index contributed by atoms with van der Waals surface area (Å²) in [5.41, 5.74) is 9.55. The van der Waals surface area contributed by atoms with E-state index in [1.807, 2.05) is 49.4 Å². The number of aryl methyl sites for hydroxylation is 2. The average Bonchev–Trinajstić information content (AvgIpc) is 2.84. The zero-order valence-corrected chi connectivity index (χ0v) is 21.0. The van der Waals surface area contributed by atoms with Crippen molar-refractivity contribution in [2.24, 2.45) is 5.73 Å². The molecule has 8 heteroatoms. The molecule has 0 saturated carbocycles. The number of methoxy groups -OCH3 is 1. The van der Waals surface area contributed by atoms with E-state index in [1.165, 1.54) is 16.1 Å². The molecular formula is C26H34N4O3S. The van der Waals surface area contributed by atoms with Crippen LogP contribution in [-0.2, 0) is 22.9 Å². The highest BCUT2D eigenvalue weighted by atomic mass is 32.2. The zero-order valence-electron chi connectivity index (χ0n) is 20.1. The van der Waals surface area contributed by atoms with Gasteiger partial charge >= 0.3 is 0 Å². The maximum Gasteiger partial charge on any atom is 0.211 e. The summed E-state index contributed by atoms with van der Waals surface area (Å²) in [6.45, 7) is 2.74. The summed E-state index contributed by atoms with van der Waals surface area (Å²) in [5, 5.41) is 0. The predicted octanol–water partition coefficient (Wildman–Crippen LogP) is 4.00. The van der Waals surface area contributed by atoms with E-state index in [-0.39, 0.29) is 6.04 Å². The third-order valence-corrected chi connectivity index (χ3v) is 7.19. The van der Waals surface area contributed by atoms with Crippen LogP contribution in [-0.4, -0.2) is 49.1 Å². The summed E-state index contributed by atoms with van der Waals surface area (Å²) in [6.07, 6.45) is 6.30. The summed E-state index contributed by atoms with van der Waals surface area (Å²) >= 11 is 0. The first kappa shape index (κ1) is 25.8. The number of sulfonamides is 1. The quantitative estimate of drug-likeness (QED) is 0.419. The standard InChI is InChI=1S/C26H34N4O3S/c1-20(30(18-6-16-27)34(3,31)32)22-8-5-9-23(19-22)25-15-17-28-26(29-25)10-4-7-21-11-13-24(33-2)14-12-21/h5,8-9,11-15,17,19-20H,4,6-7,10,16,18,27H2,1-3H3. The molecule has 2 aromatic carbocycles. The predicted molar refractivity (Wildman–Crippen MR) is 136 cm³/mol. The maximum atomic E-state index is 12.3. The summed E-state index contributed by atoms with van der Waals surface area (Å²) in [7, 11) is -1.69. The summed E-state index contributed by atoms with van der Waals surface area (Å²) < 4.78 is 31.4. The van der Waals surface area contributed by atoms with Gasteiger partial charge in [0.05, 0.1) is 19.1 Å². The number of benzene rings is 2. The van der Waals surface area contributed by atoms with Crippen LogP contribution in [0.25, 0.3) is 11.3 Å². The van der Waals surface area contributed by atoms with Gasteiger partial charge in [0.1, 0.15) is 11.6 Å². The molecule has 0 saturated heterocycles. The number of aromatic nitrogens is 2. The Hall–Kier alpha value is -2.81. The molecular weight excluding hydrogens is 448 g/mol. The largest absolute Gasteiger partial charge is 0.497 e. The highest BCUT2D eigenvalue weighted by molar-refractivity contribution is 7.88. The van der Waals surface area contributed by atoms with Gasteiger partial charge in [-0.25, -0.2) is 18.4 Å². The lowest BCUT2D eigenvalue weighted by Crippen LogP contribution is -2.34. The molecule has 1 heterocycles. The third kappa shape index (κ3) is 7.09. The molecule has 3 rings (SSSR count). The van der Waals surface area contributed by atoms with E-state index in [0.717, 1.165) is 47.7 Å². The number of hydrogen-bond acceptors (Lipinski definition) is 6. The Morgan fingerprint density at radius 1 is 1.06 bits per heavy atom. The molecule has 1 unspecified atom stereocenters. The number of rotatable bonds is 12. The minimum absolute atomic E-state index is 0.299. The van der Waals surface area contributed by atoms with Crippen molar-refractivity contribution in [3.8, 4) is 17.0 Å². The van der Waals surface area contributed by atoms with E-state index in [0.29, 0.717) is 19.5 Å². The Kier molecular flexibility index (Phi) is 9.15. The van der Waals surface area contributed by atoms with Gasteiger partial charge in [0.15, 0.2) is 0 Å². The Bertz CT molecular complexity index is 1170. The molecule has 0 radical (unpaired) electrons. The fourth-order valence-electron chi connectivity index (χ4n) is 3.94. The molecule has 3 aromatic rings. The van der Waals surface area contributed by atoms with E-state index >= 15 is 0 Å². The van der Waals surface area contributed by atoms with E-state index < -0.39 is 10.0 Å². The van der Waals surface area contributed by atoms with Gasteiger partial charge in [-0.15, -0.1) is 0 Å². The molecule has 0 fully saturated rings. The molecule has 1 aromatic heterocycles. The van der Waals surface area contributed by atoms with Gasteiger partial charge < -0.3 is 10.5 Å². The normalized spacial score (nSPS) is 12.6. The lowest BCUT2D eigenvalue weighted by atomic mass is 10.0. The number of nitrogens with two attached hydrogens (primary N) is 1. The van der Waals surface area contributed by atoms with Crippen LogP contribution in [0.15, 0.2) is 60.8 Å². The monoisotopic (exact) mass is 482 g/mol. The van der Waals surface area contributed by atoms with Gasteiger partial charge in [-0.2, -0.15) is 4.31 Å². The Morgan fingerprint density at radius 2 is 1.82 bits per heavy atom. The Morgan fingerprint density at radius 3 is 2.50 bits per heavy atom. The van der Waals surface area contributed by atoms with Crippen molar-refractivity contribution >= 4 is 10.0 Å². The SMILES string of the molecule is COc1ccc(CCCc2nccc(-c3cccc(C(C)N(CCCN)S(C)(=O)=O)c3)n2)cc1. The van der Waals surface area contributed by atoms with Crippen LogP contribution in [0.3, 0.4) is 0 Å². The summed E-state index contributed by atoms with van der Waals surface area (Å²) in [4.78, 5) is 9.21. The fraction of sp³-hybridized carbons (Fsp3) is 0.385. The first-order valence-corrected chi connectivity index (χ1v) is 13.4. The molecule has 1 atom stereocenters. The van der Waals surface area contributed by atoms with Crippen LogP contribution in [0.4, 0.5) is 0 Å². The molecule has 0 spiro atoms. The number of nitrogens with zero attached hydrogens (tertiary/aromatic N) is 3. The van der Waals surface area contributed by atoms with Crippen molar-refractivity contribution < 1.29 is 13.2 Å². The topological polar surface area (TPSA) is 98.4 Å². The summed E-state index contributed by atoms with van der Waals surface area (Å²) in [5.74, 6) is 1.65. The van der Waals surface area contributed by atoms with Crippen molar-refractivity contribution in [3.63, 3.8) is 0 Å². The van der Waals surface area contributed by atoms with Crippen LogP contribution in [0.2, 0.25) is 0 Å². The minimum Gasteiger partial charge on any atom is -0.497 e. The van der Waals surface area contributed by atoms with Crippen LogP contribution in [0.5, 0.6) is 5.75 Å². The van der Waals surface area contributed by atoms with E-state index in [4.69, 9.17) is 15.5 Å². The Balaban J connectivity index is 1.71. The molecule has 34 heavy (non-hydrogen) atoms. The Labute approximate surface area is 203 Å². The smallest absolute Gasteiger partial charge is 0.211 e. The van der Waals surface area contributed by atoms with Gasteiger partial charge in [0.2, 0.25) is 10.0 Å². The lowest BCUT2D eigenvalue weighted by molar-refractivity contribution is 0.342. The second-order valence-corrected chi connectivity index (χ2v) is 10.3.